The van der Waals surface area contributed by atoms with E-state index in [-0.39, 0.29) is 11.7 Å². The molecule has 162 valence electrons. The van der Waals surface area contributed by atoms with Crippen molar-refractivity contribution in [3.8, 4) is 11.5 Å². The third-order valence-corrected chi connectivity index (χ3v) is 5.40. The Morgan fingerprint density at radius 3 is 2.53 bits per heavy atom. The first-order valence-corrected chi connectivity index (χ1v) is 10.6. The molecule has 0 atom stereocenters. The summed E-state index contributed by atoms with van der Waals surface area (Å²) in [6.07, 6.45) is 6.16. The molecule has 3 aromatic carbocycles. The maximum Gasteiger partial charge on any atom is 0.244 e. The molecule has 4 rings (SSSR count). The summed E-state index contributed by atoms with van der Waals surface area (Å²) in [7, 11) is 1.67. The molecule has 5 nitrogen and oxygen atoms in total. The Bertz CT molecular complexity index is 1220. The third kappa shape index (κ3) is 5.19. The highest BCUT2D eigenvalue weighted by molar-refractivity contribution is 5.91. The molecule has 1 aromatic heterocycles. The van der Waals surface area contributed by atoms with Crippen LogP contribution in [0.4, 0.5) is 0 Å². The molecule has 0 fully saturated rings. The van der Waals surface area contributed by atoms with E-state index in [1.165, 1.54) is 28.1 Å². The van der Waals surface area contributed by atoms with Crippen LogP contribution in [0.3, 0.4) is 0 Å². The molecule has 4 aromatic rings. The molecule has 2 N–H and O–H groups in total. The number of aromatic nitrogens is 1. The Balaban J connectivity index is 1.40. The number of benzene rings is 3. The first kappa shape index (κ1) is 21.2. The van der Waals surface area contributed by atoms with E-state index in [0.717, 1.165) is 24.3 Å². The molecule has 0 unspecified atom stereocenters. The van der Waals surface area contributed by atoms with Crippen molar-refractivity contribution < 1.29 is 14.6 Å². The Kier molecular flexibility index (Phi) is 6.56. The standard InChI is InChI=1S/C27H26N2O3/c1-32-24-13-8-21(9-14-24)18-29-19-22(25-4-2-3-5-26(25)29)16-17-28-27(31)15-10-20-6-11-23(30)12-7-20/h2-15,19,30H,16-18H2,1H3,(H,28,31)/b15-10+. The van der Waals surface area contributed by atoms with Crippen LogP contribution < -0.4 is 10.1 Å². The lowest BCUT2D eigenvalue weighted by atomic mass is 10.1. The molecular formula is C27H26N2O3. The molecule has 1 amide bonds. The molecule has 0 saturated carbocycles. The average molecular weight is 427 g/mol. The third-order valence-electron chi connectivity index (χ3n) is 5.40. The topological polar surface area (TPSA) is 63.5 Å². The van der Waals surface area contributed by atoms with Crippen LogP contribution in [-0.4, -0.2) is 29.2 Å². The summed E-state index contributed by atoms with van der Waals surface area (Å²) in [6, 6.07) is 23.2. The molecule has 1 heterocycles. The summed E-state index contributed by atoms with van der Waals surface area (Å²) < 4.78 is 7.50. The Labute approximate surface area is 187 Å². The van der Waals surface area contributed by atoms with E-state index in [1.807, 2.05) is 24.3 Å². The van der Waals surface area contributed by atoms with Gasteiger partial charge >= 0.3 is 0 Å². The summed E-state index contributed by atoms with van der Waals surface area (Å²) in [4.78, 5) is 12.2. The smallest absolute Gasteiger partial charge is 0.244 e. The predicted octanol–water partition coefficient (Wildman–Crippen LogP) is 4.78. The monoisotopic (exact) mass is 426 g/mol. The van der Waals surface area contributed by atoms with Crippen LogP contribution in [0.2, 0.25) is 0 Å². The van der Waals surface area contributed by atoms with Crippen molar-refractivity contribution in [2.45, 2.75) is 13.0 Å². The van der Waals surface area contributed by atoms with Gasteiger partial charge in [0.05, 0.1) is 7.11 Å². The van der Waals surface area contributed by atoms with Crippen LogP contribution >= 0.6 is 0 Å². The average Bonchev–Trinajstić information content (AvgIpc) is 3.16. The number of aromatic hydroxyl groups is 1. The number of phenols is 1. The number of methoxy groups -OCH3 is 1. The zero-order valence-corrected chi connectivity index (χ0v) is 18.0. The number of para-hydroxylation sites is 1. The minimum absolute atomic E-state index is 0.139. The number of rotatable bonds is 8. The fourth-order valence-electron chi connectivity index (χ4n) is 3.72. The number of amides is 1. The van der Waals surface area contributed by atoms with Crippen LogP contribution in [-0.2, 0) is 17.8 Å². The molecular weight excluding hydrogens is 400 g/mol. The zero-order valence-electron chi connectivity index (χ0n) is 18.0. The number of phenolic OH excluding ortho intramolecular Hbond substituents is 1. The minimum Gasteiger partial charge on any atom is -0.508 e. The van der Waals surface area contributed by atoms with Crippen LogP contribution in [0.1, 0.15) is 16.7 Å². The number of fused-ring (bicyclic) bond motifs is 1. The van der Waals surface area contributed by atoms with Gasteiger partial charge in [0.15, 0.2) is 0 Å². The number of carbonyl (C=O) groups excluding carboxylic acids is 1. The lowest BCUT2D eigenvalue weighted by Crippen LogP contribution is -2.23. The number of nitrogens with one attached hydrogen (secondary N) is 1. The van der Waals surface area contributed by atoms with Gasteiger partial charge in [-0.05, 0) is 59.5 Å². The van der Waals surface area contributed by atoms with Gasteiger partial charge < -0.3 is 19.7 Å². The van der Waals surface area contributed by atoms with Gasteiger partial charge in [-0.15, -0.1) is 0 Å². The fraction of sp³-hybridized carbons (Fsp3) is 0.148. The Hall–Kier alpha value is -3.99. The van der Waals surface area contributed by atoms with E-state index in [4.69, 9.17) is 4.74 Å². The van der Waals surface area contributed by atoms with Crippen molar-refractivity contribution in [3.63, 3.8) is 0 Å². The second-order valence-electron chi connectivity index (χ2n) is 7.61. The van der Waals surface area contributed by atoms with Gasteiger partial charge in [-0.3, -0.25) is 4.79 Å². The number of carbonyl (C=O) groups is 1. The van der Waals surface area contributed by atoms with Crippen molar-refractivity contribution in [3.05, 3.63) is 102 Å². The number of hydrogen-bond acceptors (Lipinski definition) is 3. The van der Waals surface area contributed by atoms with Gasteiger partial charge in [0.1, 0.15) is 11.5 Å². The fourth-order valence-corrected chi connectivity index (χ4v) is 3.72. The molecule has 0 aliphatic rings. The molecule has 0 aliphatic heterocycles. The summed E-state index contributed by atoms with van der Waals surface area (Å²) in [5.74, 6) is 0.916. The first-order valence-electron chi connectivity index (χ1n) is 10.6. The molecule has 5 heteroatoms. The van der Waals surface area contributed by atoms with Gasteiger partial charge in [0.25, 0.3) is 0 Å². The van der Waals surface area contributed by atoms with Crippen molar-refractivity contribution in [1.82, 2.24) is 9.88 Å². The predicted molar refractivity (Wildman–Crippen MR) is 128 cm³/mol. The van der Waals surface area contributed by atoms with E-state index in [2.05, 4.69) is 40.3 Å². The van der Waals surface area contributed by atoms with Crippen molar-refractivity contribution in [2.75, 3.05) is 13.7 Å². The van der Waals surface area contributed by atoms with E-state index in [0.29, 0.717) is 6.54 Å². The molecule has 0 saturated heterocycles. The van der Waals surface area contributed by atoms with Crippen molar-refractivity contribution in [1.29, 1.82) is 0 Å². The van der Waals surface area contributed by atoms with Crippen LogP contribution in [0, 0.1) is 0 Å². The highest BCUT2D eigenvalue weighted by atomic mass is 16.5. The number of hydrogen-bond donors (Lipinski definition) is 2. The SMILES string of the molecule is COc1ccc(Cn2cc(CCNC(=O)/C=C/c3ccc(O)cc3)c3ccccc32)cc1. The van der Waals surface area contributed by atoms with Gasteiger partial charge in [0, 0.05) is 36.3 Å². The summed E-state index contributed by atoms with van der Waals surface area (Å²) in [5, 5.41) is 13.5. The zero-order chi connectivity index (χ0) is 22.3. The lowest BCUT2D eigenvalue weighted by Gasteiger charge is -2.06. The van der Waals surface area contributed by atoms with E-state index < -0.39 is 0 Å². The number of ether oxygens (including phenoxy) is 1. The van der Waals surface area contributed by atoms with Gasteiger partial charge in [-0.25, -0.2) is 0 Å². The van der Waals surface area contributed by atoms with Crippen molar-refractivity contribution in [2.24, 2.45) is 0 Å². The normalized spacial score (nSPS) is 11.2. The summed E-state index contributed by atoms with van der Waals surface area (Å²) in [6.45, 7) is 1.32. The van der Waals surface area contributed by atoms with Gasteiger partial charge in [-0.1, -0.05) is 42.5 Å². The lowest BCUT2D eigenvalue weighted by molar-refractivity contribution is -0.116. The molecule has 0 spiro atoms. The number of nitrogens with zero attached hydrogens (tertiary/aromatic N) is 1. The summed E-state index contributed by atoms with van der Waals surface area (Å²) in [5.41, 5.74) is 4.44. The highest BCUT2D eigenvalue weighted by Gasteiger charge is 2.09. The van der Waals surface area contributed by atoms with Crippen LogP contribution in [0.25, 0.3) is 17.0 Å². The molecule has 0 aliphatic carbocycles. The quantitative estimate of drug-likeness (QED) is 0.399. The second kappa shape index (κ2) is 9.88. The van der Waals surface area contributed by atoms with E-state index in [9.17, 15) is 9.90 Å². The van der Waals surface area contributed by atoms with E-state index >= 15 is 0 Å². The summed E-state index contributed by atoms with van der Waals surface area (Å²) >= 11 is 0. The van der Waals surface area contributed by atoms with E-state index in [1.54, 1.807) is 37.5 Å². The molecule has 0 radical (unpaired) electrons. The van der Waals surface area contributed by atoms with Crippen LogP contribution in [0.15, 0.2) is 85.1 Å². The van der Waals surface area contributed by atoms with Crippen LogP contribution in [0.5, 0.6) is 11.5 Å². The highest BCUT2D eigenvalue weighted by Crippen LogP contribution is 2.23. The maximum atomic E-state index is 12.2. The Morgan fingerprint density at radius 1 is 1.03 bits per heavy atom. The van der Waals surface area contributed by atoms with Crippen molar-refractivity contribution >= 4 is 22.9 Å². The molecule has 32 heavy (non-hydrogen) atoms. The Morgan fingerprint density at radius 2 is 1.78 bits per heavy atom. The molecule has 0 bridgehead atoms. The van der Waals surface area contributed by atoms with Gasteiger partial charge in [0.2, 0.25) is 5.91 Å². The first-order chi connectivity index (χ1) is 15.6. The minimum atomic E-state index is -0.139. The van der Waals surface area contributed by atoms with Gasteiger partial charge in [-0.2, -0.15) is 0 Å². The second-order valence-corrected chi connectivity index (χ2v) is 7.61. The largest absolute Gasteiger partial charge is 0.508 e. The maximum absolute atomic E-state index is 12.2.